The third-order valence-electron chi connectivity index (χ3n) is 3.06. The molecule has 3 heteroatoms. The Kier molecular flexibility index (Phi) is 3.85. The van der Waals surface area contributed by atoms with Gasteiger partial charge in [0.05, 0.1) is 0 Å². The van der Waals surface area contributed by atoms with Gasteiger partial charge in [0.25, 0.3) is 5.91 Å². The minimum atomic E-state index is -0.0469. The van der Waals surface area contributed by atoms with Crippen molar-refractivity contribution in [3.63, 3.8) is 0 Å². The lowest BCUT2D eigenvalue weighted by molar-refractivity contribution is 0.0950. The van der Waals surface area contributed by atoms with Crippen LogP contribution in [0.25, 0.3) is 0 Å². The number of nitrogens with one attached hydrogen (secondary N) is 1. The van der Waals surface area contributed by atoms with Crippen LogP contribution >= 0.6 is 0 Å². The van der Waals surface area contributed by atoms with Crippen LogP contribution in [0.15, 0.2) is 42.5 Å². The number of anilines is 1. The molecular formula is C16H18N2O. The van der Waals surface area contributed by atoms with Crippen LogP contribution in [-0.2, 0) is 6.54 Å². The van der Waals surface area contributed by atoms with Crippen LogP contribution in [0, 0.1) is 13.8 Å². The van der Waals surface area contributed by atoms with Crippen LogP contribution in [0.4, 0.5) is 5.69 Å². The molecule has 2 rings (SSSR count). The number of rotatable bonds is 3. The summed E-state index contributed by atoms with van der Waals surface area (Å²) in [6.07, 6.45) is 0. The zero-order valence-electron chi connectivity index (χ0n) is 11.2. The summed E-state index contributed by atoms with van der Waals surface area (Å²) in [4.78, 5) is 12.1. The molecule has 0 aliphatic heterocycles. The van der Waals surface area contributed by atoms with Crippen LogP contribution in [-0.4, -0.2) is 5.91 Å². The summed E-state index contributed by atoms with van der Waals surface area (Å²) in [6.45, 7) is 4.47. The van der Waals surface area contributed by atoms with Crippen molar-refractivity contribution in [2.75, 3.05) is 5.73 Å². The molecule has 3 nitrogen and oxygen atoms in total. The van der Waals surface area contributed by atoms with E-state index < -0.39 is 0 Å². The molecule has 3 N–H and O–H groups in total. The van der Waals surface area contributed by atoms with Crippen molar-refractivity contribution in [2.24, 2.45) is 0 Å². The fourth-order valence-corrected chi connectivity index (χ4v) is 1.98. The van der Waals surface area contributed by atoms with Crippen LogP contribution in [0.2, 0.25) is 0 Å². The molecule has 0 radical (unpaired) electrons. The van der Waals surface area contributed by atoms with Gasteiger partial charge in [-0.2, -0.15) is 0 Å². The maximum absolute atomic E-state index is 12.1. The van der Waals surface area contributed by atoms with Gasteiger partial charge in [-0.05, 0) is 43.2 Å². The normalized spacial score (nSPS) is 10.2. The van der Waals surface area contributed by atoms with E-state index in [1.165, 1.54) is 0 Å². The van der Waals surface area contributed by atoms with E-state index in [4.69, 9.17) is 5.73 Å². The number of hydrogen-bond acceptors (Lipinski definition) is 2. The van der Waals surface area contributed by atoms with Gasteiger partial charge in [-0.3, -0.25) is 4.79 Å². The number of benzene rings is 2. The Balaban J connectivity index is 2.03. The standard InChI is InChI=1S/C16H18N2O/c1-11-3-8-15(12(2)9-11)16(19)18-10-13-4-6-14(17)7-5-13/h3-9H,10,17H2,1-2H3,(H,18,19). The third kappa shape index (κ3) is 3.35. The molecule has 0 heterocycles. The van der Waals surface area contributed by atoms with Crippen molar-refractivity contribution in [2.45, 2.75) is 20.4 Å². The molecule has 0 aliphatic carbocycles. The smallest absolute Gasteiger partial charge is 0.251 e. The van der Waals surface area contributed by atoms with Gasteiger partial charge in [0.1, 0.15) is 0 Å². The number of nitrogen functional groups attached to an aromatic ring is 1. The monoisotopic (exact) mass is 254 g/mol. The van der Waals surface area contributed by atoms with Gasteiger partial charge < -0.3 is 11.1 Å². The highest BCUT2D eigenvalue weighted by Crippen LogP contribution is 2.11. The number of carbonyl (C=O) groups excluding carboxylic acids is 1. The van der Waals surface area contributed by atoms with Crippen molar-refractivity contribution in [3.8, 4) is 0 Å². The van der Waals surface area contributed by atoms with Crippen molar-refractivity contribution in [3.05, 3.63) is 64.7 Å². The maximum atomic E-state index is 12.1. The molecule has 0 aliphatic rings. The molecule has 0 unspecified atom stereocenters. The molecule has 0 fully saturated rings. The Labute approximate surface area is 113 Å². The van der Waals surface area contributed by atoms with E-state index in [9.17, 15) is 4.79 Å². The quantitative estimate of drug-likeness (QED) is 0.827. The summed E-state index contributed by atoms with van der Waals surface area (Å²) in [7, 11) is 0. The van der Waals surface area contributed by atoms with E-state index in [0.717, 1.165) is 27.9 Å². The summed E-state index contributed by atoms with van der Waals surface area (Å²) in [5.74, 6) is -0.0469. The largest absolute Gasteiger partial charge is 0.399 e. The number of hydrogen-bond donors (Lipinski definition) is 2. The zero-order valence-corrected chi connectivity index (χ0v) is 11.2. The van der Waals surface area contributed by atoms with Gasteiger partial charge in [-0.1, -0.05) is 29.8 Å². The second-order valence-electron chi connectivity index (χ2n) is 4.74. The molecule has 0 atom stereocenters. The van der Waals surface area contributed by atoms with Crippen molar-refractivity contribution in [1.29, 1.82) is 0 Å². The Morgan fingerprint density at radius 2 is 1.79 bits per heavy atom. The highest BCUT2D eigenvalue weighted by Gasteiger charge is 2.08. The number of nitrogens with two attached hydrogens (primary N) is 1. The molecule has 0 bridgehead atoms. The predicted octanol–water partition coefficient (Wildman–Crippen LogP) is 2.82. The summed E-state index contributed by atoms with van der Waals surface area (Å²) in [5, 5.41) is 2.92. The number of carbonyl (C=O) groups is 1. The molecule has 19 heavy (non-hydrogen) atoms. The third-order valence-corrected chi connectivity index (χ3v) is 3.06. The maximum Gasteiger partial charge on any atom is 0.251 e. The first kappa shape index (κ1) is 13.1. The summed E-state index contributed by atoms with van der Waals surface area (Å²) in [6, 6.07) is 13.3. The predicted molar refractivity (Wildman–Crippen MR) is 77.9 cm³/mol. The first-order valence-electron chi connectivity index (χ1n) is 6.26. The second kappa shape index (κ2) is 5.57. The summed E-state index contributed by atoms with van der Waals surface area (Å²) in [5.41, 5.74) is 10.3. The van der Waals surface area contributed by atoms with Crippen molar-refractivity contribution < 1.29 is 4.79 Å². The molecule has 0 saturated carbocycles. The van der Waals surface area contributed by atoms with E-state index in [1.54, 1.807) is 0 Å². The molecule has 0 saturated heterocycles. The van der Waals surface area contributed by atoms with E-state index in [1.807, 2.05) is 56.3 Å². The van der Waals surface area contributed by atoms with Crippen molar-refractivity contribution in [1.82, 2.24) is 5.32 Å². The second-order valence-corrected chi connectivity index (χ2v) is 4.74. The molecule has 2 aromatic rings. The van der Waals surface area contributed by atoms with Gasteiger partial charge in [0, 0.05) is 17.8 Å². The SMILES string of the molecule is Cc1ccc(C(=O)NCc2ccc(N)cc2)c(C)c1. The van der Waals surface area contributed by atoms with E-state index in [2.05, 4.69) is 5.32 Å². The lowest BCUT2D eigenvalue weighted by Crippen LogP contribution is -2.23. The molecular weight excluding hydrogens is 236 g/mol. The lowest BCUT2D eigenvalue weighted by atomic mass is 10.1. The van der Waals surface area contributed by atoms with E-state index in [0.29, 0.717) is 6.54 Å². The zero-order chi connectivity index (χ0) is 13.8. The minimum Gasteiger partial charge on any atom is -0.399 e. The lowest BCUT2D eigenvalue weighted by Gasteiger charge is -2.08. The summed E-state index contributed by atoms with van der Waals surface area (Å²) >= 11 is 0. The molecule has 0 aromatic heterocycles. The average molecular weight is 254 g/mol. The minimum absolute atomic E-state index is 0.0469. The molecule has 2 aromatic carbocycles. The van der Waals surface area contributed by atoms with Gasteiger partial charge in [-0.25, -0.2) is 0 Å². The Bertz CT molecular complexity index is 588. The van der Waals surface area contributed by atoms with Crippen LogP contribution in [0.5, 0.6) is 0 Å². The van der Waals surface area contributed by atoms with Crippen LogP contribution in [0.1, 0.15) is 27.0 Å². The fourth-order valence-electron chi connectivity index (χ4n) is 1.98. The van der Waals surface area contributed by atoms with Gasteiger partial charge in [0.15, 0.2) is 0 Å². The van der Waals surface area contributed by atoms with Crippen LogP contribution in [0.3, 0.4) is 0 Å². The Morgan fingerprint density at radius 1 is 1.11 bits per heavy atom. The first-order chi connectivity index (χ1) is 9.06. The van der Waals surface area contributed by atoms with Crippen LogP contribution < -0.4 is 11.1 Å². The summed E-state index contributed by atoms with van der Waals surface area (Å²) < 4.78 is 0. The molecule has 1 amide bonds. The van der Waals surface area contributed by atoms with Crippen molar-refractivity contribution >= 4 is 11.6 Å². The molecule has 0 spiro atoms. The average Bonchev–Trinajstić information content (AvgIpc) is 2.37. The topological polar surface area (TPSA) is 55.1 Å². The van der Waals surface area contributed by atoms with Gasteiger partial charge in [0.2, 0.25) is 0 Å². The number of aryl methyl sites for hydroxylation is 2. The van der Waals surface area contributed by atoms with E-state index >= 15 is 0 Å². The Hall–Kier alpha value is -2.29. The fraction of sp³-hybridized carbons (Fsp3) is 0.188. The molecule has 98 valence electrons. The Morgan fingerprint density at radius 3 is 2.42 bits per heavy atom. The number of amides is 1. The van der Waals surface area contributed by atoms with E-state index in [-0.39, 0.29) is 5.91 Å². The highest BCUT2D eigenvalue weighted by atomic mass is 16.1. The van der Waals surface area contributed by atoms with Gasteiger partial charge >= 0.3 is 0 Å². The van der Waals surface area contributed by atoms with Gasteiger partial charge in [-0.15, -0.1) is 0 Å². The first-order valence-corrected chi connectivity index (χ1v) is 6.26. The highest BCUT2D eigenvalue weighted by molar-refractivity contribution is 5.95.